The molecule has 2 N–H and O–H groups in total. The van der Waals surface area contributed by atoms with E-state index >= 15 is 0 Å². The Morgan fingerprint density at radius 3 is 2.63 bits per heavy atom. The fourth-order valence-corrected chi connectivity index (χ4v) is 1.64. The summed E-state index contributed by atoms with van der Waals surface area (Å²) in [6, 6.07) is 2.04. The van der Waals surface area contributed by atoms with Crippen LogP contribution in [0.25, 0.3) is 0 Å². The van der Waals surface area contributed by atoms with E-state index < -0.39 is 0 Å². The molecule has 0 spiro atoms. The lowest BCUT2D eigenvalue weighted by atomic mass is 10.2. The highest BCUT2D eigenvalue weighted by atomic mass is 127. The first-order chi connectivity index (χ1) is 8.67. The molecule has 0 aliphatic rings. The average Bonchev–Trinajstić information content (AvgIpc) is 2.67. The molecule has 5 nitrogen and oxygen atoms in total. The van der Waals surface area contributed by atoms with E-state index in [1.165, 1.54) is 0 Å². The van der Waals surface area contributed by atoms with Gasteiger partial charge in [0.1, 0.15) is 11.5 Å². The summed E-state index contributed by atoms with van der Waals surface area (Å²) in [7, 11) is 1.75. The van der Waals surface area contributed by atoms with Crippen molar-refractivity contribution in [2.24, 2.45) is 4.99 Å². The van der Waals surface area contributed by atoms with Gasteiger partial charge < -0.3 is 19.8 Å². The quantitative estimate of drug-likeness (QED) is 0.343. The zero-order valence-corrected chi connectivity index (χ0v) is 14.4. The Hall–Kier alpha value is -0.760. The second-order valence-electron chi connectivity index (χ2n) is 3.99. The maximum Gasteiger partial charge on any atom is 0.191 e. The number of hydrogen-bond acceptors (Lipinski definition) is 3. The van der Waals surface area contributed by atoms with Gasteiger partial charge in [-0.05, 0) is 26.8 Å². The summed E-state index contributed by atoms with van der Waals surface area (Å²) in [5.41, 5.74) is 1.15. The van der Waals surface area contributed by atoms with E-state index in [2.05, 4.69) is 15.6 Å². The molecule has 0 fully saturated rings. The number of nitrogens with zero attached hydrogens (tertiary/aromatic N) is 1. The van der Waals surface area contributed by atoms with Crippen LogP contribution in [-0.4, -0.2) is 32.8 Å². The molecule has 0 unspecified atom stereocenters. The molecule has 1 aromatic heterocycles. The van der Waals surface area contributed by atoms with E-state index in [1.54, 1.807) is 7.05 Å². The third-order valence-electron chi connectivity index (χ3n) is 2.56. The molecule has 110 valence electrons. The van der Waals surface area contributed by atoms with Gasteiger partial charge in [-0.25, -0.2) is 0 Å². The Kier molecular flexibility index (Phi) is 9.68. The monoisotopic (exact) mass is 381 g/mol. The summed E-state index contributed by atoms with van der Waals surface area (Å²) in [4.78, 5) is 4.15. The SMILES string of the molecule is CCOCCNC(=NC)NCc1cc(C)oc1C.I. The maximum atomic E-state index is 5.47. The molecule has 0 saturated heterocycles. The van der Waals surface area contributed by atoms with Crippen LogP contribution in [0.15, 0.2) is 15.5 Å². The molecule has 6 heteroatoms. The van der Waals surface area contributed by atoms with Crippen LogP contribution in [0, 0.1) is 13.8 Å². The van der Waals surface area contributed by atoms with Crippen LogP contribution < -0.4 is 10.6 Å². The summed E-state index contributed by atoms with van der Waals surface area (Å²) in [5.74, 6) is 2.65. The Balaban J connectivity index is 0.00000324. The highest BCUT2D eigenvalue weighted by Gasteiger charge is 2.05. The Morgan fingerprint density at radius 2 is 2.11 bits per heavy atom. The van der Waals surface area contributed by atoms with Crippen molar-refractivity contribution in [3.8, 4) is 0 Å². The summed E-state index contributed by atoms with van der Waals surface area (Å²) >= 11 is 0. The first-order valence-electron chi connectivity index (χ1n) is 6.25. The molecule has 1 aromatic rings. The highest BCUT2D eigenvalue weighted by Crippen LogP contribution is 2.12. The van der Waals surface area contributed by atoms with Crippen molar-refractivity contribution in [2.75, 3.05) is 26.8 Å². The average molecular weight is 381 g/mol. The van der Waals surface area contributed by atoms with Crippen LogP contribution in [0.4, 0.5) is 0 Å². The standard InChI is InChI=1S/C13H23N3O2.HI/c1-5-17-7-6-15-13(14-4)16-9-12-8-10(2)18-11(12)3;/h8H,5-7,9H2,1-4H3,(H2,14,15,16);1H. The molecule has 0 atom stereocenters. The van der Waals surface area contributed by atoms with Gasteiger partial charge in [-0.3, -0.25) is 4.99 Å². The van der Waals surface area contributed by atoms with Crippen molar-refractivity contribution in [3.05, 3.63) is 23.2 Å². The normalized spacial score (nSPS) is 11.1. The topological polar surface area (TPSA) is 58.8 Å². The largest absolute Gasteiger partial charge is 0.466 e. The molecule has 0 radical (unpaired) electrons. The van der Waals surface area contributed by atoms with E-state index in [0.717, 1.165) is 36.2 Å². The first-order valence-corrected chi connectivity index (χ1v) is 6.25. The molecule has 0 aliphatic carbocycles. The lowest BCUT2D eigenvalue weighted by Gasteiger charge is -2.11. The lowest BCUT2D eigenvalue weighted by molar-refractivity contribution is 0.152. The minimum absolute atomic E-state index is 0. The first kappa shape index (κ1) is 18.2. The van der Waals surface area contributed by atoms with Gasteiger partial charge in [0.25, 0.3) is 0 Å². The van der Waals surface area contributed by atoms with E-state index in [1.807, 2.05) is 26.8 Å². The van der Waals surface area contributed by atoms with Crippen LogP contribution in [0.5, 0.6) is 0 Å². The van der Waals surface area contributed by atoms with Crippen LogP contribution in [0.3, 0.4) is 0 Å². The predicted molar refractivity (Wildman–Crippen MR) is 88.3 cm³/mol. The third kappa shape index (κ3) is 6.81. The molecular formula is C13H24IN3O2. The maximum absolute atomic E-state index is 5.47. The lowest BCUT2D eigenvalue weighted by Crippen LogP contribution is -2.38. The molecule has 19 heavy (non-hydrogen) atoms. The van der Waals surface area contributed by atoms with Crippen molar-refractivity contribution in [1.29, 1.82) is 0 Å². The van der Waals surface area contributed by atoms with Crippen LogP contribution in [0.1, 0.15) is 24.0 Å². The summed E-state index contributed by atoms with van der Waals surface area (Å²) in [6.07, 6.45) is 0. The van der Waals surface area contributed by atoms with Crippen molar-refractivity contribution < 1.29 is 9.15 Å². The molecule has 0 saturated carbocycles. The van der Waals surface area contributed by atoms with E-state index in [0.29, 0.717) is 13.2 Å². The molecule has 0 bridgehead atoms. The summed E-state index contributed by atoms with van der Waals surface area (Å²) in [5, 5.41) is 6.42. The van der Waals surface area contributed by atoms with Crippen LogP contribution in [-0.2, 0) is 11.3 Å². The second kappa shape index (κ2) is 10.1. The van der Waals surface area contributed by atoms with Gasteiger partial charge in [0, 0.05) is 32.3 Å². The van der Waals surface area contributed by atoms with Gasteiger partial charge in [-0.1, -0.05) is 0 Å². The van der Waals surface area contributed by atoms with Crippen molar-refractivity contribution in [3.63, 3.8) is 0 Å². The molecule has 0 aliphatic heterocycles. The Morgan fingerprint density at radius 1 is 1.37 bits per heavy atom. The Labute approximate surface area is 132 Å². The zero-order valence-electron chi connectivity index (χ0n) is 12.1. The molecule has 0 amide bonds. The van der Waals surface area contributed by atoms with E-state index in [9.17, 15) is 0 Å². The fraction of sp³-hybridized carbons (Fsp3) is 0.615. The third-order valence-corrected chi connectivity index (χ3v) is 2.56. The predicted octanol–water partition coefficient (Wildman–Crippen LogP) is 2.22. The van der Waals surface area contributed by atoms with Crippen molar-refractivity contribution in [1.82, 2.24) is 10.6 Å². The number of nitrogens with one attached hydrogen (secondary N) is 2. The van der Waals surface area contributed by atoms with Gasteiger partial charge in [-0.2, -0.15) is 0 Å². The number of rotatable bonds is 6. The number of hydrogen-bond donors (Lipinski definition) is 2. The number of ether oxygens (including phenoxy) is 1. The number of halogens is 1. The van der Waals surface area contributed by atoms with Crippen molar-refractivity contribution >= 4 is 29.9 Å². The second-order valence-corrected chi connectivity index (χ2v) is 3.99. The molecular weight excluding hydrogens is 357 g/mol. The fourth-order valence-electron chi connectivity index (χ4n) is 1.64. The zero-order chi connectivity index (χ0) is 13.4. The minimum Gasteiger partial charge on any atom is -0.466 e. The van der Waals surface area contributed by atoms with Crippen LogP contribution in [0.2, 0.25) is 0 Å². The van der Waals surface area contributed by atoms with E-state index in [4.69, 9.17) is 9.15 Å². The van der Waals surface area contributed by atoms with Crippen LogP contribution >= 0.6 is 24.0 Å². The van der Waals surface area contributed by atoms with Gasteiger partial charge >= 0.3 is 0 Å². The number of guanidine groups is 1. The minimum atomic E-state index is 0. The molecule has 1 heterocycles. The Bertz CT molecular complexity index is 391. The number of aliphatic imine (C=N–C) groups is 1. The number of aryl methyl sites for hydroxylation is 2. The summed E-state index contributed by atoms with van der Waals surface area (Å²) in [6.45, 7) is 8.77. The van der Waals surface area contributed by atoms with Gasteiger partial charge in [0.05, 0.1) is 6.61 Å². The van der Waals surface area contributed by atoms with Gasteiger partial charge in [0.2, 0.25) is 0 Å². The van der Waals surface area contributed by atoms with Gasteiger partial charge in [-0.15, -0.1) is 24.0 Å². The van der Waals surface area contributed by atoms with Crippen molar-refractivity contribution in [2.45, 2.75) is 27.3 Å². The summed E-state index contributed by atoms with van der Waals surface area (Å²) < 4.78 is 10.7. The molecule has 0 aromatic carbocycles. The van der Waals surface area contributed by atoms with Gasteiger partial charge in [0.15, 0.2) is 5.96 Å². The molecule has 1 rings (SSSR count). The number of furan rings is 1. The van der Waals surface area contributed by atoms with E-state index in [-0.39, 0.29) is 24.0 Å². The smallest absolute Gasteiger partial charge is 0.191 e. The highest BCUT2D eigenvalue weighted by molar-refractivity contribution is 14.0.